The molecule has 0 radical (unpaired) electrons. The van der Waals surface area contributed by atoms with Gasteiger partial charge in [-0.1, -0.05) is 55.2 Å². The molecule has 2 aliphatic carbocycles. The molecule has 39 heavy (non-hydrogen) atoms. The van der Waals surface area contributed by atoms with Crippen molar-refractivity contribution in [2.75, 3.05) is 0 Å². The second-order valence-corrected chi connectivity index (χ2v) is 11.1. The highest BCUT2D eigenvalue weighted by atomic mass is 16.5. The van der Waals surface area contributed by atoms with E-state index in [1.165, 1.54) is 44.7 Å². The number of aromatic carboxylic acids is 1. The van der Waals surface area contributed by atoms with E-state index < -0.39 is 5.97 Å². The minimum atomic E-state index is -0.968. The largest absolute Gasteiger partial charge is 0.490 e. The normalized spacial score (nSPS) is 20.4. The fraction of sp³-hybridized carbons (Fsp3) is 0.419. The Morgan fingerprint density at radius 3 is 2.49 bits per heavy atom. The number of nitrogens with zero attached hydrogens (tertiary/aromatic N) is 5. The monoisotopic (exact) mass is 525 g/mol. The van der Waals surface area contributed by atoms with Gasteiger partial charge in [-0.2, -0.15) is 5.10 Å². The summed E-state index contributed by atoms with van der Waals surface area (Å²) in [6.07, 6.45) is 12.1. The third-order valence-corrected chi connectivity index (χ3v) is 8.32. The number of ether oxygens (including phenoxy) is 1. The smallest absolute Gasteiger partial charge is 0.339 e. The summed E-state index contributed by atoms with van der Waals surface area (Å²) in [7, 11) is 1.84. The van der Waals surface area contributed by atoms with Gasteiger partial charge in [0, 0.05) is 25.1 Å². The SMILES string of the molecule is C[C@H](Oc1cccc(-c2cccc(-n3ncc(C(=O)O)c3[C@@H]3C[C@H]3c3cn(C)nn3)c2)c1)C1CCCCCC1. The van der Waals surface area contributed by atoms with Crippen LogP contribution in [0.1, 0.15) is 85.5 Å². The maximum absolute atomic E-state index is 12.1. The first-order valence-corrected chi connectivity index (χ1v) is 14.0. The Balaban J connectivity index is 1.26. The molecule has 6 rings (SSSR count). The van der Waals surface area contributed by atoms with Crippen molar-refractivity contribution in [3.63, 3.8) is 0 Å². The quantitative estimate of drug-likeness (QED) is 0.268. The summed E-state index contributed by atoms with van der Waals surface area (Å²) in [5.41, 5.74) is 4.75. The predicted octanol–water partition coefficient (Wildman–Crippen LogP) is 6.37. The molecule has 2 heterocycles. The molecule has 0 amide bonds. The minimum Gasteiger partial charge on any atom is -0.490 e. The fourth-order valence-electron chi connectivity index (χ4n) is 6.10. The van der Waals surface area contributed by atoms with Gasteiger partial charge in [-0.3, -0.25) is 4.68 Å². The summed E-state index contributed by atoms with van der Waals surface area (Å²) >= 11 is 0. The van der Waals surface area contributed by atoms with E-state index in [1.54, 1.807) is 9.36 Å². The van der Waals surface area contributed by atoms with Crippen molar-refractivity contribution in [3.05, 3.63) is 77.9 Å². The minimum absolute atomic E-state index is 0.0289. The zero-order chi connectivity index (χ0) is 26.9. The summed E-state index contributed by atoms with van der Waals surface area (Å²) in [4.78, 5) is 12.1. The molecule has 2 saturated carbocycles. The average molecular weight is 526 g/mol. The van der Waals surface area contributed by atoms with E-state index in [4.69, 9.17) is 4.74 Å². The number of hydrogen-bond donors (Lipinski definition) is 1. The van der Waals surface area contributed by atoms with Crippen LogP contribution in [0.5, 0.6) is 5.75 Å². The highest BCUT2D eigenvalue weighted by Crippen LogP contribution is 2.55. The molecular formula is C31H35N5O3. The number of carboxylic acid groups (broad SMARTS) is 1. The molecule has 1 N–H and O–H groups in total. The van der Waals surface area contributed by atoms with Crippen LogP contribution in [0, 0.1) is 5.92 Å². The van der Waals surface area contributed by atoms with Gasteiger partial charge < -0.3 is 9.84 Å². The molecule has 2 aromatic carbocycles. The first-order valence-electron chi connectivity index (χ1n) is 14.0. The van der Waals surface area contributed by atoms with Crippen LogP contribution < -0.4 is 4.74 Å². The van der Waals surface area contributed by atoms with Crippen LogP contribution in [0.2, 0.25) is 0 Å². The van der Waals surface area contributed by atoms with Crippen molar-refractivity contribution in [1.82, 2.24) is 24.8 Å². The molecule has 4 aromatic rings. The summed E-state index contributed by atoms with van der Waals surface area (Å²) in [5.74, 6) is 0.687. The van der Waals surface area contributed by atoms with Gasteiger partial charge in [0.2, 0.25) is 0 Å². The Kier molecular flexibility index (Phi) is 6.94. The summed E-state index contributed by atoms with van der Waals surface area (Å²) in [5, 5.41) is 22.7. The van der Waals surface area contributed by atoms with Crippen LogP contribution in [0.25, 0.3) is 16.8 Å². The molecule has 8 heteroatoms. The number of hydrogen-bond acceptors (Lipinski definition) is 5. The average Bonchev–Trinajstić information content (AvgIpc) is 3.52. The molecule has 0 spiro atoms. The van der Waals surface area contributed by atoms with E-state index >= 15 is 0 Å². The van der Waals surface area contributed by atoms with Crippen LogP contribution in [0.15, 0.2) is 60.9 Å². The molecule has 2 aliphatic rings. The molecule has 3 atom stereocenters. The molecule has 0 aliphatic heterocycles. The topological polar surface area (TPSA) is 95.1 Å². The second kappa shape index (κ2) is 10.7. The van der Waals surface area contributed by atoms with E-state index in [1.807, 2.05) is 37.5 Å². The Labute approximate surface area is 228 Å². The van der Waals surface area contributed by atoms with Gasteiger partial charge in [0.05, 0.1) is 29.4 Å². The van der Waals surface area contributed by atoms with Gasteiger partial charge in [-0.15, -0.1) is 5.10 Å². The standard InChI is InChI=1S/C31H35N5O3/c1-20(21-9-5-3-4-6-10-21)39-25-14-8-12-23(16-25)22-11-7-13-24(15-22)36-30(28(18-32-36)31(37)38)27-17-26(27)29-19-35(2)34-33-29/h7-8,11-16,18-21,26-27H,3-6,9-10,17H2,1-2H3,(H,37,38)/t20-,26+,27+/m0/s1. The van der Waals surface area contributed by atoms with Crippen LogP contribution in [-0.4, -0.2) is 42.0 Å². The van der Waals surface area contributed by atoms with E-state index in [0.717, 1.165) is 34.7 Å². The van der Waals surface area contributed by atoms with Crippen molar-refractivity contribution in [1.29, 1.82) is 0 Å². The summed E-state index contributed by atoms with van der Waals surface area (Å²) in [6.45, 7) is 2.20. The van der Waals surface area contributed by atoms with Crippen molar-refractivity contribution < 1.29 is 14.6 Å². The molecular weight excluding hydrogens is 490 g/mol. The Morgan fingerprint density at radius 2 is 1.77 bits per heavy atom. The molecule has 2 aromatic heterocycles. The lowest BCUT2D eigenvalue weighted by atomic mass is 9.95. The van der Waals surface area contributed by atoms with E-state index in [2.05, 4.69) is 46.6 Å². The fourth-order valence-corrected chi connectivity index (χ4v) is 6.10. The molecule has 2 fully saturated rings. The van der Waals surface area contributed by atoms with Crippen molar-refractivity contribution >= 4 is 5.97 Å². The lowest BCUT2D eigenvalue weighted by Crippen LogP contribution is -2.23. The number of rotatable bonds is 8. The van der Waals surface area contributed by atoms with Gasteiger partial charge in [0.1, 0.15) is 11.3 Å². The molecule has 202 valence electrons. The van der Waals surface area contributed by atoms with E-state index in [9.17, 15) is 9.90 Å². The first kappa shape index (κ1) is 25.3. The van der Waals surface area contributed by atoms with Gasteiger partial charge in [0.25, 0.3) is 0 Å². The second-order valence-electron chi connectivity index (χ2n) is 11.1. The van der Waals surface area contributed by atoms with Crippen molar-refractivity contribution in [3.8, 4) is 22.6 Å². The van der Waals surface area contributed by atoms with Crippen molar-refractivity contribution in [2.24, 2.45) is 13.0 Å². The molecule has 0 unspecified atom stereocenters. The Morgan fingerprint density at radius 1 is 1.03 bits per heavy atom. The third kappa shape index (κ3) is 5.33. The zero-order valence-electron chi connectivity index (χ0n) is 22.5. The third-order valence-electron chi connectivity index (χ3n) is 8.32. The van der Waals surface area contributed by atoms with E-state index in [-0.39, 0.29) is 23.5 Å². The lowest BCUT2D eigenvalue weighted by Gasteiger charge is -2.24. The van der Waals surface area contributed by atoms with Crippen LogP contribution in [0.3, 0.4) is 0 Å². The highest BCUT2D eigenvalue weighted by molar-refractivity contribution is 5.89. The Bertz CT molecular complexity index is 1470. The van der Waals surface area contributed by atoms with Crippen LogP contribution in [0.4, 0.5) is 0 Å². The maximum atomic E-state index is 12.1. The summed E-state index contributed by atoms with van der Waals surface area (Å²) in [6, 6.07) is 16.3. The zero-order valence-corrected chi connectivity index (χ0v) is 22.5. The van der Waals surface area contributed by atoms with Gasteiger partial charge in [-0.05, 0) is 67.5 Å². The van der Waals surface area contributed by atoms with E-state index in [0.29, 0.717) is 11.6 Å². The van der Waals surface area contributed by atoms with Crippen LogP contribution in [-0.2, 0) is 7.05 Å². The van der Waals surface area contributed by atoms with Gasteiger partial charge >= 0.3 is 5.97 Å². The van der Waals surface area contributed by atoms with Crippen LogP contribution >= 0.6 is 0 Å². The number of aryl methyl sites for hydroxylation is 1. The predicted molar refractivity (Wildman–Crippen MR) is 148 cm³/mol. The Hall–Kier alpha value is -3.94. The van der Waals surface area contributed by atoms with Crippen molar-refractivity contribution in [2.45, 2.75) is 69.8 Å². The van der Waals surface area contributed by atoms with Gasteiger partial charge in [-0.25, -0.2) is 9.48 Å². The maximum Gasteiger partial charge on any atom is 0.339 e. The first-order chi connectivity index (χ1) is 19.0. The number of aromatic nitrogens is 5. The molecule has 0 saturated heterocycles. The lowest BCUT2D eigenvalue weighted by molar-refractivity contribution is 0.0695. The number of carboxylic acids is 1. The molecule has 0 bridgehead atoms. The molecule has 8 nitrogen and oxygen atoms in total. The summed E-state index contributed by atoms with van der Waals surface area (Å²) < 4.78 is 9.89. The highest BCUT2D eigenvalue weighted by Gasteiger charge is 2.46. The number of benzene rings is 2. The number of carbonyl (C=O) groups is 1. The van der Waals surface area contributed by atoms with Gasteiger partial charge in [0.15, 0.2) is 0 Å².